The molecule has 7 heteroatoms. The second kappa shape index (κ2) is 7.18. The van der Waals surface area contributed by atoms with Crippen LogP contribution in [0, 0.1) is 0 Å². The number of nitrogens with zero attached hydrogens (tertiary/aromatic N) is 2. The maximum atomic E-state index is 12.2. The Morgan fingerprint density at radius 2 is 1.83 bits per heavy atom. The van der Waals surface area contributed by atoms with E-state index >= 15 is 0 Å². The molecule has 0 atom stereocenters. The molecule has 6 nitrogen and oxygen atoms in total. The van der Waals surface area contributed by atoms with Crippen LogP contribution in [-0.4, -0.2) is 28.5 Å². The minimum absolute atomic E-state index is 0.272. The van der Waals surface area contributed by atoms with Gasteiger partial charge in [0.05, 0.1) is 16.8 Å². The number of amides is 1. The monoisotopic (exact) mass is 385 g/mol. The molecule has 1 aromatic heterocycles. The van der Waals surface area contributed by atoms with E-state index in [1.54, 1.807) is 42.6 Å². The summed E-state index contributed by atoms with van der Waals surface area (Å²) in [4.78, 5) is 32.4. The summed E-state index contributed by atoms with van der Waals surface area (Å²) in [5.41, 5.74) is 1.91. The van der Waals surface area contributed by atoms with Gasteiger partial charge in [0.15, 0.2) is 6.61 Å². The van der Waals surface area contributed by atoms with E-state index in [0.29, 0.717) is 16.7 Å². The Labute approximate surface area is 146 Å². The second-order valence-electron chi connectivity index (χ2n) is 4.83. The summed E-state index contributed by atoms with van der Waals surface area (Å²) in [6, 6.07) is 12.2. The normalized spacial score (nSPS) is 10.4. The molecule has 0 aliphatic rings. The number of carbonyl (C=O) groups is 2. The molecular weight excluding hydrogens is 374 g/mol. The van der Waals surface area contributed by atoms with E-state index in [0.717, 1.165) is 4.47 Å². The number of para-hydroxylation sites is 2. The minimum Gasteiger partial charge on any atom is -0.452 e. The maximum Gasteiger partial charge on any atom is 0.340 e. The fourth-order valence-electron chi connectivity index (χ4n) is 2.12. The lowest BCUT2D eigenvalue weighted by molar-refractivity contribution is -0.119. The van der Waals surface area contributed by atoms with Gasteiger partial charge in [-0.1, -0.05) is 18.2 Å². The van der Waals surface area contributed by atoms with Gasteiger partial charge in [-0.3, -0.25) is 14.8 Å². The van der Waals surface area contributed by atoms with E-state index in [1.807, 2.05) is 6.07 Å². The van der Waals surface area contributed by atoms with Crippen LogP contribution < -0.4 is 5.32 Å². The fourth-order valence-corrected chi connectivity index (χ4v) is 2.50. The number of ether oxygens (including phenoxy) is 1. The minimum atomic E-state index is -0.622. The fraction of sp³-hybridized carbons (Fsp3) is 0.0588. The number of halogens is 1. The highest BCUT2D eigenvalue weighted by Crippen LogP contribution is 2.21. The molecule has 0 bridgehead atoms. The third kappa shape index (κ3) is 3.57. The zero-order valence-electron chi connectivity index (χ0n) is 12.4. The van der Waals surface area contributed by atoms with Gasteiger partial charge in [-0.05, 0) is 40.2 Å². The van der Waals surface area contributed by atoms with Crippen LogP contribution in [0.1, 0.15) is 10.4 Å². The van der Waals surface area contributed by atoms with Gasteiger partial charge in [0.2, 0.25) is 0 Å². The number of benzene rings is 2. The van der Waals surface area contributed by atoms with Crippen molar-refractivity contribution in [1.82, 2.24) is 9.97 Å². The summed E-state index contributed by atoms with van der Waals surface area (Å²) in [6.45, 7) is -0.392. The number of hydrogen-bond donors (Lipinski definition) is 1. The molecule has 0 radical (unpaired) electrons. The first-order valence-electron chi connectivity index (χ1n) is 7.06. The summed E-state index contributed by atoms with van der Waals surface area (Å²) >= 11 is 3.33. The van der Waals surface area contributed by atoms with Crippen molar-refractivity contribution in [3.63, 3.8) is 0 Å². The van der Waals surface area contributed by atoms with Crippen molar-refractivity contribution in [1.29, 1.82) is 0 Å². The summed E-state index contributed by atoms with van der Waals surface area (Å²) in [5, 5.41) is 2.66. The number of anilines is 1. The van der Waals surface area contributed by atoms with Gasteiger partial charge in [-0.25, -0.2) is 4.79 Å². The standard InChI is InChI=1S/C17H12BrN3O3/c18-12-5-1-2-6-13(12)21-15(22)10-24-17(23)11-4-3-7-14-16(11)20-9-8-19-14/h1-9H,10H2,(H,21,22). The zero-order chi connectivity index (χ0) is 16.9. The Kier molecular flexibility index (Phi) is 4.81. The lowest BCUT2D eigenvalue weighted by Crippen LogP contribution is -2.21. The van der Waals surface area contributed by atoms with Gasteiger partial charge >= 0.3 is 5.97 Å². The van der Waals surface area contributed by atoms with Crippen LogP contribution >= 0.6 is 15.9 Å². The number of esters is 1. The molecule has 0 fully saturated rings. The van der Waals surface area contributed by atoms with Crippen molar-refractivity contribution >= 4 is 44.5 Å². The molecule has 2 aromatic carbocycles. The van der Waals surface area contributed by atoms with E-state index in [1.165, 1.54) is 6.20 Å². The smallest absolute Gasteiger partial charge is 0.340 e. The Morgan fingerprint density at radius 1 is 1.04 bits per heavy atom. The van der Waals surface area contributed by atoms with Crippen molar-refractivity contribution in [2.24, 2.45) is 0 Å². The summed E-state index contributed by atoms with van der Waals surface area (Å²) < 4.78 is 5.82. The largest absolute Gasteiger partial charge is 0.452 e. The molecule has 3 rings (SSSR count). The molecule has 0 spiro atoms. The first-order valence-corrected chi connectivity index (χ1v) is 7.85. The van der Waals surface area contributed by atoms with Gasteiger partial charge < -0.3 is 10.1 Å². The molecule has 1 amide bonds. The van der Waals surface area contributed by atoms with E-state index < -0.39 is 18.5 Å². The zero-order valence-corrected chi connectivity index (χ0v) is 14.0. The second-order valence-corrected chi connectivity index (χ2v) is 5.69. The summed E-state index contributed by atoms with van der Waals surface area (Å²) in [6.07, 6.45) is 3.04. The molecule has 0 aliphatic carbocycles. The van der Waals surface area contributed by atoms with Crippen LogP contribution in [0.5, 0.6) is 0 Å². The van der Waals surface area contributed by atoms with Crippen LogP contribution in [0.25, 0.3) is 11.0 Å². The molecule has 0 saturated carbocycles. The summed E-state index contributed by atoms with van der Waals surface area (Å²) in [7, 11) is 0. The Balaban J connectivity index is 1.67. The topological polar surface area (TPSA) is 81.2 Å². The maximum absolute atomic E-state index is 12.2. The average molecular weight is 386 g/mol. The Bertz CT molecular complexity index is 909. The average Bonchev–Trinajstić information content (AvgIpc) is 2.61. The highest BCUT2D eigenvalue weighted by Gasteiger charge is 2.15. The van der Waals surface area contributed by atoms with Crippen LogP contribution in [-0.2, 0) is 9.53 Å². The molecule has 24 heavy (non-hydrogen) atoms. The molecule has 1 heterocycles. The number of aromatic nitrogens is 2. The van der Waals surface area contributed by atoms with Gasteiger partial charge in [-0.2, -0.15) is 0 Å². The van der Waals surface area contributed by atoms with Gasteiger partial charge in [-0.15, -0.1) is 0 Å². The van der Waals surface area contributed by atoms with E-state index in [9.17, 15) is 9.59 Å². The molecule has 1 N–H and O–H groups in total. The lowest BCUT2D eigenvalue weighted by Gasteiger charge is -2.08. The van der Waals surface area contributed by atoms with E-state index in [4.69, 9.17) is 4.74 Å². The summed E-state index contributed by atoms with van der Waals surface area (Å²) in [5.74, 6) is -1.05. The van der Waals surface area contributed by atoms with Gasteiger partial charge in [0.25, 0.3) is 5.91 Å². The molecule has 0 unspecified atom stereocenters. The molecule has 120 valence electrons. The first kappa shape index (κ1) is 16.1. The van der Waals surface area contributed by atoms with Crippen molar-refractivity contribution in [3.05, 3.63) is 64.9 Å². The van der Waals surface area contributed by atoms with E-state index in [-0.39, 0.29) is 5.56 Å². The highest BCUT2D eigenvalue weighted by atomic mass is 79.9. The third-order valence-corrected chi connectivity index (χ3v) is 3.89. The van der Waals surface area contributed by atoms with E-state index in [2.05, 4.69) is 31.2 Å². The molecular formula is C17H12BrN3O3. The van der Waals surface area contributed by atoms with Gasteiger partial charge in [0.1, 0.15) is 5.52 Å². The van der Waals surface area contributed by atoms with Crippen molar-refractivity contribution in [2.75, 3.05) is 11.9 Å². The van der Waals surface area contributed by atoms with Crippen molar-refractivity contribution in [2.45, 2.75) is 0 Å². The number of nitrogens with one attached hydrogen (secondary N) is 1. The predicted molar refractivity (Wildman–Crippen MR) is 92.6 cm³/mol. The molecule has 0 aliphatic heterocycles. The van der Waals surface area contributed by atoms with Gasteiger partial charge in [0, 0.05) is 16.9 Å². The Morgan fingerprint density at radius 3 is 2.67 bits per heavy atom. The van der Waals surface area contributed by atoms with Crippen LogP contribution in [0.2, 0.25) is 0 Å². The first-order chi connectivity index (χ1) is 11.6. The Hall–Kier alpha value is -2.80. The number of fused-ring (bicyclic) bond motifs is 1. The predicted octanol–water partition coefficient (Wildman–Crippen LogP) is 3.19. The molecule has 3 aromatic rings. The van der Waals surface area contributed by atoms with Crippen LogP contribution in [0.15, 0.2) is 59.3 Å². The third-order valence-electron chi connectivity index (χ3n) is 3.20. The lowest BCUT2D eigenvalue weighted by atomic mass is 10.2. The number of carbonyl (C=O) groups excluding carboxylic acids is 2. The van der Waals surface area contributed by atoms with Crippen LogP contribution in [0.4, 0.5) is 5.69 Å². The number of rotatable bonds is 4. The quantitative estimate of drug-likeness (QED) is 0.697. The molecule has 0 saturated heterocycles. The SMILES string of the molecule is O=C(COC(=O)c1cccc2nccnc12)Nc1ccccc1Br. The van der Waals surface area contributed by atoms with Crippen LogP contribution in [0.3, 0.4) is 0 Å². The number of hydrogen-bond acceptors (Lipinski definition) is 5. The van der Waals surface area contributed by atoms with Crippen molar-refractivity contribution in [3.8, 4) is 0 Å². The highest BCUT2D eigenvalue weighted by molar-refractivity contribution is 9.10. The van der Waals surface area contributed by atoms with Crippen molar-refractivity contribution < 1.29 is 14.3 Å².